The third-order valence-electron chi connectivity index (χ3n) is 0.907. The van der Waals surface area contributed by atoms with E-state index in [-0.39, 0.29) is 0 Å². The van der Waals surface area contributed by atoms with E-state index in [1.165, 1.54) is 6.92 Å². The van der Waals surface area contributed by atoms with E-state index in [1.54, 1.807) is 0 Å². The van der Waals surface area contributed by atoms with Crippen LogP contribution in [-0.4, -0.2) is 28.3 Å². The first-order chi connectivity index (χ1) is 4.95. The smallest absolute Gasteiger partial charge is 0.381 e. The molecule has 0 rings (SSSR count). The van der Waals surface area contributed by atoms with Gasteiger partial charge in [-0.1, -0.05) is 0 Å². The summed E-state index contributed by atoms with van der Waals surface area (Å²) in [5.74, 6) is -0.785. The Bertz CT molecular complexity index is 166. The topological polar surface area (TPSA) is 89.7 Å². The quantitative estimate of drug-likeness (QED) is 0.263. The molecule has 0 amide bonds. The molecule has 0 saturated heterocycles. The summed E-state index contributed by atoms with van der Waals surface area (Å²) in [6.07, 6.45) is -2.96. The lowest BCUT2D eigenvalue weighted by Gasteiger charge is -2.10. The summed E-state index contributed by atoms with van der Waals surface area (Å²) in [4.78, 5) is 19.4. The van der Waals surface area contributed by atoms with Crippen molar-refractivity contribution in [3.63, 3.8) is 0 Å². The first-order valence-corrected chi connectivity index (χ1v) is 2.94. The molecule has 6 heteroatoms. The Balaban J connectivity index is 4.12. The number of hydrogen-bond acceptors (Lipinski definition) is 5. The van der Waals surface area contributed by atoms with E-state index in [0.29, 0.717) is 0 Å². The molecule has 0 aromatic carbocycles. The number of rotatable bonds is 3. The van der Waals surface area contributed by atoms with E-state index in [4.69, 9.17) is 5.11 Å². The molecule has 6 nitrogen and oxygen atoms in total. The first-order valence-electron chi connectivity index (χ1n) is 2.94. The maximum absolute atomic E-state index is 10.2. The summed E-state index contributed by atoms with van der Waals surface area (Å²) < 4.78 is 4.19. The zero-order chi connectivity index (χ0) is 9.02. The van der Waals surface area contributed by atoms with Crippen LogP contribution in [0, 0.1) is 10.1 Å². The van der Waals surface area contributed by atoms with Crippen LogP contribution in [0.25, 0.3) is 0 Å². The van der Waals surface area contributed by atoms with Crippen molar-refractivity contribution in [3.05, 3.63) is 10.1 Å². The molecule has 0 heterocycles. The van der Waals surface area contributed by atoms with Gasteiger partial charge in [0.05, 0.1) is 4.92 Å². The van der Waals surface area contributed by atoms with Crippen LogP contribution in [0.1, 0.15) is 13.8 Å². The molecule has 0 aliphatic carbocycles. The molecule has 0 aromatic heterocycles. The average molecular weight is 163 g/mol. The van der Waals surface area contributed by atoms with Gasteiger partial charge < -0.3 is 9.84 Å². The molecule has 0 bridgehead atoms. The van der Waals surface area contributed by atoms with Crippen LogP contribution in [0.4, 0.5) is 0 Å². The zero-order valence-corrected chi connectivity index (χ0v) is 6.18. The van der Waals surface area contributed by atoms with Crippen molar-refractivity contribution in [2.45, 2.75) is 26.2 Å². The number of esters is 1. The molecule has 2 atom stereocenters. The van der Waals surface area contributed by atoms with Crippen molar-refractivity contribution in [2.24, 2.45) is 0 Å². The van der Waals surface area contributed by atoms with Crippen molar-refractivity contribution in [1.29, 1.82) is 0 Å². The average Bonchev–Trinajstić information content (AvgIpc) is 1.81. The Labute approximate surface area is 62.9 Å². The number of nitrogens with zero attached hydrogens (tertiary/aromatic N) is 1. The third-order valence-corrected chi connectivity index (χ3v) is 0.907. The second-order valence-corrected chi connectivity index (χ2v) is 2.03. The summed E-state index contributed by atoms with van der Waals surface area (Å²) in [5, 5.41) is 18.8. The van der Waals surface area contributed by atoms with E-state index < -0.39 is 23.2 Å². The van der Waals surface area contributed by atoms with Crippen molar-refractivity contribution in [2.75, 3.05) is 0 Å². The fourth-order valence-electron chi connectivity index (χ4n) is 0.488. The maximum Gasteiger partial charge on any atom is 0.381 e. The predicted molar refractivity (Wildman–Crippen MR) is 34.2 cm³/mol. The molecule has 2 unspecified atom stereocenters. The lowest BCUT2D eigenvalue weighted by atomic mass is 10.4. The highest BCUT2D eigenvalue weighted by Crippen LogP contribution is 1.99. The van der Waals surface area contributed by atoms with Crippen molar-refractivity contribution < 1.29 is 19.6 Å². The Morgan fingerprint density at radius 1 is 1.73 bits per heavy atom. The largest absolute Gasteiger partial charge is 0.396 e. The van der Waals surface area contributed by atoms with Crippen LogP contribution in [0.15, 0.2) is 0 Å². The van der Waals surface area contributed by atoms with Crippen LogP contribution < -0.4 is 0 Å². The molecule has 0 fully saturated rings. The molecular formula is C5H9NO5. The van der Waals surface area contributed by atoms with Crippen LogP contribution >= 0.6 is 0 Å². The zero-order valence-electron chi connectivity index (χ0n) is 6.18. The normalized spacial score (nSPS) is 15.2. The summed E-state index contributed by atoms with van der Waals surface area (Å²) in [7, 11) is 0. The minimum Gasteiger partial charge on any atom is -0.396 e. The predicted octanol–water partition coefficient (Wildman–Crippen LogP) is -0.467. The summed E-state index contributed by atoms with van der Waals surface area (Å²) in [6, 6.07) is 0. The Kier molecular flexibility index (Phi) is 3.46. The highest BCUT2D eigenvalue weighted by Gasteiger charge is 2.28. The molecule has 0 spiro atoms. The lowest BCUT2D eigenvalue weighted by molar-refractivity contribution is -0.579. The van der Waals surface area contributed by atoms with Crippen LogP contribution in [0.5, 0.6) is 0 Å². The van der Waals surface area contributed by atoms with Gasteiger partial charge in [0.25, 0.3) is 0 Å². The van der Waals surface area contributed by atoms with Crippen LogP contribution in [0.3, 0.4) is 0 Å². The van der Waals surface area contributed by atoms with Gasteiger partial charge >= 0.3 is 12.2 Å². The third kappa shape index (κ3) is 3.51. The standard InChI is InChI=1S/C5H9NO5/c1-3(7)5(6(9)10)11-4(2)8/h3,5,7H,1-2H3. The van der Waals surface area contributed by atoms with Crippen molar-refractivity contribution >= 4 is 5.97 Å². The minimum atomic E-state index is -1.66. The molecule has 11 heavy (non-hydrogen) atoms. The first kappa shape index (κ1) is 9.83. The molecule has 0 aliphatic heterocycles. The fourth-order valence-corrected chi connectivity index (χ4v) is 0.488. The monoisotopic (exact) mass is 163 g/mol. The highest BCUT2D eigenvalue weighted by molar-refractivity contribution is 5.66. The molecule has 1 N–H and O–H groups in total. The summed E-state index contributed by atoms with van der Waals surface area (Å²) in [6.45, 7) is 2.22. The molecule has 0 radical (unpaired) electrons. The summed E-state index contributed by atoms with van der Waals surface area (Å²) in [5.41, 5.74) is 0. The molecule has 0 saturated carbocycles. The second kappa shape index (κ2) is 3.87. The Hall–Kier alpha value is -1.17. The fraction of sp³-hybridized carbons (Fsp3) is 0.800. The van der Waals surface area contributed by atoms with Gasteiger partial charge in [0.2, 0.25) is 0 Å². The summed E-state index contributed by atoms with van der Waals surface area (Å²) >= 11 is 0. The van der Waals surface area contributed by atoms with Gasteiger partial charge in [-0.05, 0) is 6.92 Å². The number of aliphatic hydroxyl groups is 1. The van der Waals surface area contributed by atoms with E-state index in [1.807, 2.05) is 0 Å². The van der Waals surface area contributed by atoms with E-state index in [9.17, 15) is 14.9 Å². The van der Waals surface area contributed by atoms with Crippen molar-refractivity contribution in [3.8, 4) is 0 Å². The van der Waals surface area contributed by atoms with Gasteiger partial charge in [0, 0.05) is 6.92 Å². The Morgan fingerprint density at radius 2 is 2.18 bits per heavy atom. The second-order valence-electron chi connectivity index (χ2n) is 2.03. The number of ether oxygens (including phenoxy) is 1. The van der Waals surface area contributed by atoms with Gasteiger partial charge in [0.15, 0.2) is 6.10 Å². The van der Waals surface area contributed by atoms with E-state index in [0.717, 1.165) is 6.92 Å². The molecule has 64 valence electrons. The lowest BCUT2D eigenvalue weighted by Crippen LogP contribution is -2.35. The number of hydrogen-bond donors (Lipinski definition) is 1. The SMILES string of the molecule is CC(=O)OC(C(C)O)[N+](=O)[O-]. The number of carbonyl (C=O) groups is 1. The van der Waals surface area contributed by atoms with Gasteiger partial charge in [-0.2, -0.15) is 0 Å². The number of nitro groups is 1. The van der Waals surface area contributed by atoms with Crippen molar-refractivity contribution in [1.82, 2.24) is 0 Å². The highest BCUT2D eigenvalue weighted by atomic mass is 16.7. The minimum absolute atomic E-state index is 0.785. The number of aliphatic hydroxyl groups excluding tert-OH is 1. The van der Waals surface area contributed by atoms with E-state index in [2.05, 4.69) is 4.74 Å². The van der Waals surface area contributed by atoms with Gasteiger partial charge in [-0.15, -0.1) is 0 Å². The maximum atomic E-state index is 10.2. The van der Waals surface area contributed by atoms with Gasteiger partial charge in [-0.25, -0.2) is 0 Å². The number of carbonyl (C=O) groups excluding carboxylic acids is 1. The van der Waals surface area contributed by atoms with Gasteiger partial charge in [0.1, 0.15) is 0 Å². The molecule has 0 aliphatic rings. The van der Waals surface area contributed by atoms with Crippen LogP contribution in [0.2, 0.25) is 0 Å². The molecule has 0 aromatic rings. The van der Waals surface area contributed by atoms with Gasteiger partial charge in [-0.3, -0.25) is 14.9 Å². The Morgan fingerprint density at radius 3 is 2.27 bits per heavy atom. The van der Waals surface area contributed by atoms with Crippen LogP contribution in [-0.2, 0) is 9.53 Å². The van der Waals surface area contributed by atoms with E-state index >= 15 is 0 Å². The molecular weight excluding hydrogens is 154 g/mol.